The molecule has 0 aliphatic heterocycles. The fraction of sp³-hybridized carbons (Fsp3) is 0.417. The highest BCUT2D eigenvalue weighted by atomic mass is 79.9. The van der Waals surface area contributed by atoms with Gasteiger partial charge in [-0.05, 0) is 30.0 Å². The third kappa shape index (κ3) is 3.10. The van der Waals surface area contributed by atoms with E-state index in [1.54, 1.807) is 35.0 Å². The molecule has 6 nitrogen and oxygen atoms in total. The summed E-state index contributed by atoms with van der Waals surface area (Å²) in [6.45, 7) is 1.49. The zero-order valence-corrected chi connectivity index (χ0v) is 12.8. The highest BCUT2D eigenvalue weighted by molar-refractivity contribution is 9.10. The first kappa shape index (κ1) is 14.0. The van der Waals surface area contributed by atoms with Crippen LogP contribution in [0.3, 0.4) is 0 Å². The Kier molecular flexibility index (Phi) is 4.16. The lowest BCUT2D eigenvalue weighted by Gasteiger charge is -2.11. The first-order chi connectivity index (χ1) is 8.99. The van der Waals surface area contributed by atoms with Gasteiger partial charge in [-0.1, -0.05) is 0 Å². The lowest BCUT2D eigenvalue weighted by Crippen LogP contribution is -2.21. The molecule has 19 heavy (non-hydrogen) atoms. The molecule has 102 valence electrons. The van der Waals surface area contributed by atoms with Crippen molar-refractivity contribution in [3.8, 4) is 0 Å². The number of ketones is 1. The number of nitrogens with zero attached hydrogens (tertiary/aromatic N) is 5. The van der Waals surface area contributed by atoms with Gasteiger partial charge in [0.25, 0.3) is 0 Å². The summed E-state index contributed by atoms with van der Waals surface area (Å²) < 4.78 is 4.04. The number of hydrogen-bond acceptors (Lipinski definition) is 4. The van der Waals surface area contributed by atoms with Crippen molar-refractivity contribution in [1.82, 2.24) is 24.5 Å². The van der Waals surface area contributed by atoms with Crippen molar-refractivity contribution >= 4 is 21.7 Å². The standard InChI is InChI=1S/C12H16BrN5O/c1-16(2)4-5-18-11(10(13)7-15-18)12(19)9-6-14-17(3)8-9/h6-8H,4-5H2,1-3H3. The Morgan fingerprint density at radius 2 is 2.11 bits per heavy atom. The van der Waals surface area contributed by atoms with Crippen LogP contribution in [0.5, 0.6) is 0 Å². The number of hydrogen-bond donors (Lipinski definition) is 0. The van der Waals surface area contributed by atoms with E-state index in [2.05, 4.69) is 26.1 Å². The average Bonchev–Trinajstić information content (AvgIpc) is 2.92. The minimum atomic E-state index is -0.0729. The Labute approximate surface area is 120 Å². The van der Waals surface area contributed by atoms with Crippen molar-refractivity contribution in [3.63, 3.8) is 0 Å². The maximum Gasteiger partial charge on any atom is 0.215 e. The molecule has 0 N–H and O–H groups in total. The highest BCUT2D eigenvalue weighted by Gasteiger charge is 2.20. The van der Waals surface area contributed by atoms with Gasteiger partial charge >= 0.3 is 0 Å². The quantitative estimate of drug-likeness (QED) is 0.774. The molecule has 0 atom stereocenters. The molecule has 0 aromatic carbocycles. The molecule has 0 amide bonds. The Bertz CT molecular complexity index is 587. The summed E-state index contributed by atoms with van der Waals surface area (Å²) in [5.74, 6) is -0.0729. The molecule has 0 unspecified atom stereocenters. The molecule has 0 aliphatic rings. The molecule has 2 rings (SSSR count). The SMILES string of the molecule is CN(C)CCn1ncc(Br)c1C(=O)c1cnn(C)c1. The van der Waals surface area contributed by atoms with Gasteiger partial charge in [0.15, 0.2) is 0 Å². The lowest BCUT2D eigenvalue weighted by molar-refractivity contribution is 0.102. The van der Waals surface area contributed by atoms with E-state index >= 15 is 0 Å². The maximum absolute atomic E-state index is 12.4. The number of aryl methyl sites for hydroxylation is 1. The van der Waals surface area contributed by atoms with Crippen molar-refractivity contribution < 1.29 is 4.79 Å². The molecule has 0 bridgehead atoms. The number of halogens is 1. The van der Waals surface area contributed by atoms with Gasteiger partial charge in [-0.2, -0.15) is 10.2 Å². The molecule has 2 aromatic rings. The zero-order valence-electron chi connectivity index (χ0n) is 11.2. The molecule has 0 radical (unpaired) electrons. The number of carbonyl (C=O) groups is 1. The number of carbonyl (C=O) groups excluding carboxylic acids is 1. The molecule has 7 heteroatoms. The van der Waals surface area contributed by atoms with Gasteiger partial charge in [-0.3, -0.25) is 14.2 Å². The van der Waals surface area contributed by atoms with Gasteiger partial charge in [0, 0.05) is 19.8 Å². The smallest absolute Gasteiger partial charge is 0.215 e. The van der Waals surface area contributed by atoms with E-state index in [1.165, 1.54) is 0 Å². The normalized spacial score (nSPS) is 11.2. The first-order valence-electron chi connectivity index (χ1n) is 5.88. The van der Waals surface area contributed by atoms with Crippen LogP contribution in [0.25, 0.3) is 0 Å². The third-order valence-corrected chi connectivity index (χ3v) is 3.32. The van der Waals surface area contributed by atoms with Crippen molar-refractivity contribution in [2.75, 3.05) is 20.6 Å². The summed E-state index contributed by atoms with van der Waals surface area (Å²) in [5.41, 5.74) is 1.13. The van der Waals surface area contributed by atoms with E-state index in [1.807, 2.05) is 19.0 Å². The van der Waals surface area contributed by atoms with Crippen LogP contribution in [0, 0.1) is 0 Å². The Morgan fingerprint density at radius 1 is 1.37 bits per heavy atom. The van der Waals surface area contributed by atoms with E-state index in [4.69, 9.17) is 0 Å². The van der Waals surface area contributed by atoms with E-state index in [0.717, 1.165) is 6.54 Å². The maximum atomic E-state index is 12.4. The molecule has 2 aromatic heterocycles. The van der Waals surface area contributed by atoms with E-state index < -0.39 is 0 Å². The number of rotatable bonds is 5. The fourth-order valence-electron chi connectivity index (χ4n) is 1.73. The Morgan fingerprint density at radius 3 is 2.68 bits per heavy atom. The van der Waals surface area contributed by atoms with Crippen LogP contribution in [0.4, 0.5) is 0 Å². The molecule has 0 aliphatic carbocycles. The van der Waals surface area contributed by atoms with E-state index in [0.29, 0.717) is 22.3 Å². The Balaban J connectivity index is 2.28. The van der Waals surface area contributed by atoms with Crippen LogP contribution < -0.4 is 0 Å². The summed E-state index contributed by atoms with van der Waals surface area (Å²) in [5, 5.41) is 8.26. The van der Waals surface area contributed by atoms with Crippen LogP contribution in [0.2, 0.25) is 0 Å². The van der Waals surface area contributed by atoms with Crippen molar-refractivity contribution in [2.45, 2.75) is 6.54 Å². The van der Waals surface area contributed by atoms with Gasteiger partial charge in [-0.15, -0.1) is 0 Å². The fourth-order valence-corrected chi connectivity index (χ4v) is 2.20. The predicted octanol–water partition coefficient (Wildman–Crippen LogP) is 1.17. The summed E-state index contributed by atoms with van der Waals surface area (Å²) in [4.78, 5) is 14.5. The van der Waals surface area contributed by atoms with Gasteiger partial charge in [0.1, 0.15) is 5.69 Å². The van der Waals surface area contributed by atoms with Gasteiger partial charge < -0.3 is 4.90 Å². The highest BCUT2D eigenvalue weighted by Crippen LogP contribution is 2.19. The molecule has 0 spiro atoms. The minimum absolute atomic E-state index is 0.0729. The topological polar surface area (TPSA) is 56.0 Å². The summed E-state index contributed by atoms with van der Waals surface area (Å²) in [7, 11) is 5.76. The van der Waals surface area contributed by atoms with Gasteiger partial charge in [0.2, 0.25) is 5.78 Å². The van der Waals surface area contributed by atoms with Crippen LogP contribution >= 0.6 is 15.9 Å². The number of likely N-dealkylation sites (N-methyl/N-ethyl adjacent to an activating group) is 1. The third-order valence-electron chi connectivity index (χ3n) is 2.74. The molecule has 2 heterocycles. The average molecular weight is 326 g/mol. The molecular weight excluding hydrogens is 310 g/mol. The zero-order chi connectivity index (χ0) is 14.0. The van der Waals surface area contributed by atoms with Crippen molar-refractivity contribution in [3.05, 3.63) is 34.3 Å². The van der Waals surface area contributed by atoms with Gasteiger partial charge in [0.05, 0.1) is 29.0 Å². The van der Waals surface area contributed by atoms with Gasteiger partial charge in [-0.25, -0.2) is 0 Å². The minimum Gasteiger partial charge on any atom is -0.308 e. The lowest BCUT2D eigenvalue weighted by atomic mass is 10.2. The first-order valence-corrected chi connectivity index (χ1v) is 6.67. The van der Waals surface area contributed by atoms with Crippen molar-refractivity contribution in [1.29, 1.82) is 0 Å². The molecule has 0 fully saturated rings. The van der Waals surface area contributed by atoms with E-state index in [9.17, 15) is 4.79 Å². The molecule has 0 saturated heterocycles. The van der Waals surface area contributed by atoms with Crippen LogP contribution in [-0.4, -0.2) is 50.9 Å². The summed E-state index contributed by atoms with van der Waals surface area (Å²) in [6.07, 6.45) is 4.93. The number of aromatic nitrogens is 4. The molecular formula is C12H16BrN5O. The monoisotopic (exact) mass is 325 g/mol. The largest absolute Gasteiger partial charge is 0.308 e. The summed E-state index contributed by atoms with van der Waals surface area (Å²) >= 11 is 3.38. The summed E-state index contributed by atoms with van der Waals surface area (Å²) in [6, 6.07) is 0. The van der Waals surface area contributed by atoms with Crippen LogP contribution in [-0.2, 0) is 13.6 Å². The Hall–Kier alpha value is -1.47. The predicted molar refractivity (Wildman–Crippen MR) is 75.1 cm³/mol. The van der Waals surface area contributed by atoms with Crippen LogP contribution in [0.15, 0.2) is 23.1 Å². The second kappa shape index (κ2) is 5.66. The van der Waals surface area contributed by atoms with E-state index in [-0.39, 0.29) is 5.78 Å². The molecule has 0 saturated carbocycles. The second-order valence-electron chi connectivity index (χ2n) is 4.60. The second-order valence-corrected chi connectivity index (χ2v) is 5.45. The van der Waals surface area contributed by atoms with Crippen LogP contribution in [0.1, 0.15) is 16.1 Å². The van der Waals surface area contributed by atoms with Crippen molar-refractivity contribution in [2.24, 2.45) is 7.05 Å².